The van der Waals surface area contributed by atoms with Crippen LogP contribution in [0.1, 0.15) is 44.1 Å². The molecule has 6 nitrogen and oxygen atoms in total. The SMILES string of the molecule is Cc1ccc(N2C(=O)[C@H](CC(=O)Nc3ccccc3)N(C3CCCCC3)C2=O)cc1. The zero-order valence-corrected chi connectivity index (χ0v) is 17.2. The Morgan fingerprint density at radius 3 is 2.30 bits per heavy atom. The molecular weight excluding hydrogens is 378 g/mol. The minimum Gasteiger partial charge on any atom is -0.326 e. The summed E-state index contributed by atoms with van der Waals surface area (Å²) in [5.41, 5.74) is 2.29. The first-order valence-electron chi connectivity index (χ1n) is 10.6. The molecule has 1 aliphatic carbocycles. The molecule has 4 amide bonds. The van der Waals surface area contributed by atoms with Crippen LogP contribution in [0.15, 0.2) is 54.6 Å². The number of hydrogen-bond acceptors (Lipinski definition) is 3. The smallest absolute Gasteiger partial charge is 0.326 e. The van der Waals surface area contributed by atoms with Crippen molar-refractivity contribution in [3.63, 3.8) is 0 Å². The van der Waals surface area contributed by atoms with Gasteiger partial charge < -0.3 is 10.2 Å². The van der Waals surface area contributed by atoms with Gasteiger partial charge in [0.1, 0.15) is 6.04 Å². The lowest BCUT2D eigenvalue weighted by Crippen LogP contribution is -2.45. The Labute approximate surface area is 176 Å². The molecule has 1 aliphatic heterocycles. The molecule has 0 bridgehead atoms. The summed E-state index contributed by atoms with van der Waals surface area (Å²) in [5.74, 6) is -0.587. The van der Waals surface area contributed by atoms with Crippen molar-refractivity contribution in [1.82, 2.24) is 4.90 Å². The van der Waals surface area contributed by atoms with Crippen molar-refractivity contribution in [2.45, 2.75) is 57.5 Å². The number of benzene rings is 2. The fraction of sp³-hybridized carbons (Fsp3) is 0.375. The van der Waals surface area contributed by atoms with E-state index in [9.17, 15) is 14.4 Å². The summed E-state index contributed by atoms with van der Waals surface area (Å²) in [6.45, 7) is 1.96. The van der Waals surface area contributed by atoms with E-state index in [0.29, 0.717) is 11.4 Å². The predicted molar refractivity (Wildman–Crippen MR) is 116 cm³/mol. The van der Waals surface area contributed by atoms with E-state index in [-0.39, 0.29) is 30.3 Å². The maximum absolute atomic E-state index is 13.4. The van der Waals surface area contributed by atoms with E-state index in [1.807, 2.05) is 37.3 Å². The molecule has 2 aliphatic rings. The van der Waals surface area contributed by atoms with E-state index in [4.69, 9.17) is 0 Å². The second-order valence-corrected chi connectivity index (χ2v) is 8.12. The van der Waals surface area contributed by atoms with Crippen LogP contribution in [-0.2, 0) is 9.59 Å². The summed E-state index contributed by atoms with van der Waals surface area (Å²) in [7, 11) is 0. The fourth-order valence-electron chi connectivity index (χ4n) is 4.41. The molecule has 1 saturated heterocycles. The number of rotatable bonds is 5. The molecule has 6 heteroatoms. The Bertz CT molecular complexity index is 920. The van der Waals surface area contributed by atoms with Gasteiger partial charge in [-0.15, -0.1) is 0 Å². The zero-order chi connectivity index (χ0) is 21.1. The molecule has 2 aromatic rings. The van der Waals surface area contributed by atoms with Crippen molar-refractivity contribution in [3.8, 4) is 0 Å². The summed E-state index contributed by atoms with van der Waals surface area (Å²) < 4.78 is 0. The molecule has 30 heavy (non-hydrogen) atoms. The van der Waals surface area contributed by atoms with Crippen LogP contribution in [0, 0.1) is 6.92 Å². The monoisotopic (exact) mass is 405 g/mol. The Balaban J connectivity index is 1.59. The number of para-hydroxylation sites is 1. The molecule has 1 N–H and O–H groups in total. The molecule has 2 aromatic carbocycles. The number of nitrogens with one attached hydrogen (secondary N) is 1. The molecular formula is C24H27N3O3. The second kappa shape index (κ2) is 8.69. The van der Waals surface area contributed by atoms with E-state index in [1.54, 1.807) is 29.2 Å². The summed E-state index contributed by atoms with van der Waals surface area (Å²) in [6.07, 6.45) is 4.92. The van der Waals surface area contributed by atoms with Gasteiger partial charge in [0.25, 0.3) is 5.91 Å². The van der Waals surface area contributed by atoms with Gasteiger partial charge in [0.2, 0.25) is 5.91 Å². The number of aryl methyl sites for hydroxylation is 1. The lowest BCUT2D eigenvalue weighted by atomic mass is 9.93. The first kappa shape index (κ1) is 20.1. The van der Waals surface area contributed by atoms with Crippen LogP contribution in [0.4, 0.5) is 16.2 Å². The van der Waals surface area contributed by atoms with E-state index < -0.39 is 6.04 Å². The third kappa shape index (κ3) is 4.08. The minimum atomic E-state index is -0.773. The Morgan fingerprint density at radius 1 is 0.967 bits per heavy atom. The molecule has 0 spiro atoms. The maximum Gasteiger partial charge on any atom is 0.332 e. The van der Waals surface area contributed by atoms with Gasteiger partial charge in [-0.3, -0.25) is 9.59 Å². The molecule has 0 unspecified atom stereocenters. The van der Waals surface area contributed by atoms with Crippen molar-refractivity contribution < 1.29 is 14.4 Å². The van der Waals surface area contributed by atoms with Crippen LogP contribution < -0.4 is 10.2 Å². The molecule has 0 aromatic heterocycles. The van der Waals surface area contributed by atoms with Gasteiger partial charge >= 0.3 is 6.03 Å². The second-order valence-electron chi connectivity index (χ2n) is 8.12. The van der Waals surface area contributed by atoms with Crippen molar-refractivity contribution in [3.05, 3.63) is 60.2 Å². The lowest BCUT2D eigenvalue weighted by molar-refractivity contribution is -0.125. The van der Waals surface area contributed by atoms with E-state index in [2.05, 4.69) is 5.32 Å². The van der Waals surface area contributed by atoms with Gasteiger partial charge in [-0.25, -0.2) is 9.69 Å². The summed E-state index contributed by atoms with van der Waals surface area (Å²) >= 11 is 0. The third-order valence-electron chi connectivity index (χ3n) is 5.95. The van der Waals surface area contributed by atoms with Crippen LogP contribution in [-0.4, -0.2) is 34.8 Å². The van der Waals surface area contributed by atoms with E-state index >= 15 is 0 Å². The lowest BCUT2D eigenvalue weighted by Gasteiger charge is -2.33. The van der Waals surface area contributed by atoms with Gasteiger partial charge in [0.05, 0.1) is 12.1 Å². The van der Waals surface area contributed by atoms with Crippen molar-refractivity contribution in [2.24, 2.45) is 0 Å². The number of urea groups is 1. The normalized spacial score (nSPS) is 20.0. The largest absolute Gasteiger partial charge is 0.332 e. The van der Waals surface area contributed by atoms with Gasteiger partial charge in [-0.2, -0.15) is 0 Å². The van der Waals surface area contributed by atoms with Crippen LogP contribution in [0.3, 0.4) is 0 Å². The van der Waals surface area contributed by atoms with Gasteiger partial charge in [0, 0.05) is 11.7 Å². The number of imide groups is 1. The fourth-order valence-corrected chi connectivity index (χ4v) is 4.41. The number of hydrogen-bond donors (Lipinski definition) is 1. The number of anilines is 2. The summed E-state index contributed by atoms with van der Waals surface area (Å²) in [4.78, 5) is 42.3. The minimum absolute atomic E-state index is 0.000161. The van der Waals surface area contributed by atoms with Crippen LogP contribution in [0.2, 0.25) is 0 Å². The average Bonchev–Trinajstić information content (AvgIpc) is 2.99. The summed E-state index contributed by atoms with van der Waals surface area (Å²) in [5, 5.41) is 2.84. The molecule has 1 heterocycles. The molecule has 2 fully saturated rings. The maximum atomic E-state index is 13.4. The third-order valence-corrected chi connectivity index (χ3v) is 5.95. The van der Waals surface area contributed by atoms with Crippen molar-refractivity contribution >= 4 is 29.2 Å². The Morgan fingerprint density at radius 2 is 1.63 bits per heavy atom. The molecule has 1 atom stereocenters. The topological polar surface area (TPSA) is 69.7 Å². The van der Waals surface area contributed by atoms with Gasteiger partial charge in [-0.05, 0) is 44.0 Å². The highest BCUT2D eigenvalue weighted by atomic mass is 16.2. The Kier molecular flexibility index (Phi) is 5.84. The van der Waals surface area contributed by atoms with Crippen LogP contribution in [0.5, 0.6) is 0 Å². The van der Waals surface area contributed by atoms with Crippen LogP contribution >= 0.6 is 0 Å². The molecule has 156 valence electrons. The Hall–Kier alpha value is -3.15. The first-order chi connectivity index (χ1) is 14.5. The van der Waals surface area contributed by atoms with Crippen LogP contribution in [0.25, 0.3) is 0 Å². The molecule has 1 saturated carbocycles. The zero-order valence-electron chi connectivity index (χ0n) is 17.2. The number of nitrogens with zero attached hydrogens (tertiary/aromatic N) is 2. The highest BCUT2D eigenvalue weighted by molar-refractivity contribution is 6.22. The van der Waals surface area contributed by atoms with E-state index in [0.717, 1.165) is 37.7 Å². The van der Waals surface area contributed by atoms with Crippen molar-refractivity contribution in [2.75, 3.05) is 10.2 Å². The average molecular weight is 405 g/mol. The molecule has 0 radical (unpaired) electrons. The first-order valence-corrected chi connectivity index (χ1v) is 10.6. The number of carbonyl (C=O) groups is 3. The number of carbonyl (C=O) groups excluding carboxylic acids is 3. The quantitative estimate of drug-likeness (QED) is 0.745. The van der Waals surface area contributed by atoms with Gasteiger partial charge in [-0.1, -0.05) is 55.2 Å². The van der Waals surface area contributed by atoms with E-state index in [1.165, 1.54) is 4.90 Å². The number of amides is 4. The predicted octanol–water partition coefficient (Wildman–Crippen LogP) is 4.49. The van der Waals surface area contributed by atoms with Gasteiger partial charge in [0.15, 0.2) is 0 Å². The summed E-state index contributed by atoms with van der Waals surface area (Å²) in [6, 6.07) is 15.4. The molecule has 4 rings (SSSR count). The highest BCUT2D eigenvalue weighted by Crippen LogP contribution is 2.33. The van der Waals surface area contributed by atoms with Crippen molar-refractivity contribution in [1.29, 1.82) is 0 Å². The standard InChI is InChI=1S/C24H27N3O3/c1-17-12-14-20(15-13-17)27-23(29)21(16-22(28)25-18-8-4-2-5-9-18)26(24(27)30)19-10-6-3-7-11-19/h2,4-5,8-9,12-15,19,21H,3,6-7,10-11,16H2,1H3,(H,25,28)/t21-/m0/s1. The highest BCUT2D eigenvalue weighted by Gasteiger charge is 2.49.